The molecule has 0 radical (unpaired) electrons. The Bertz CT molecular complexity index is 2190. The van der Waals surface area contributed by atoms with Gasteiger partial charge in [-0.25, -0.2) is 0 Å². The molecule has 0 bridgehead atoms. The Hall–Kier alpha value is -5.40. The van der Waals surface area contributed by atoms with Gasteiger partial charge in [-0.1, -0.05) is 127 Å². The summed E-state index contributed by atoms with van der Waals surface area (Å²) in [5, 5.41) is 10.1. The first-order valence-corrected chi connectivity index (χ1v) is 14.1. The zero-order valence-electron chi connectivity index (χ0n) is 22.5. The van der Waals surface area contributed by atoms with E-state index in [-0.39, 0.29) is 0 Å². The highest BCUT2D eigenvalue weighted by molar-refractivity contribution is 6.15. The van der Waals surface area contributed by atoms with E-state index in [0.29, 0.717) is 0 Å². The monoisotopic (exact) mass is 521 g/mol. The molecular weight excluding hydrogens is 494 g/mol. The predicted molar refractivity (Wildman–Crippen MR) is 177 cm³/mol. The van der Waals surface area contributed by atoms with Gasteiger partial charge in [0.2, 0.25) is 0 Å². The number of fused-ring (bicyclic) bond motifs is 6. The van der Waals surface area contributed by atoms with Crippen LogP contribution >= 0.6 is 0 Å². The van der Waals surface area contributed by atoms with Crippen molar-refractivity contribution in [3.63, 3.8) is 0 Å². The molecule has 0 heterocycles. The molecule has 0 aromatic heterocycles. The Morgan fingerprint density at radius 2 is 0.780 bits per heavy atom. The second-order valence-corrected chi connectivity index (χ2v) is 10.6. The van der Waals surface area contributed by atoms with Crippen LogP contribution in [0.1, 0.15) is 0 Å². The van der Waals surface area contributed by atoms with Gasteiger partial charge in [0, 0.05) is 16.8 Å². The summed E-state index contributed by atoms with van der Waals surface area (Å²) < 4.78 is 0. The van der Waals surface area contributed by atoms with Crippen molar-refractivity contribution in [3.05, 3.63) is 164 Å². The van der Waals surface area contributed by atoms with Crippen LogP contribution in [0.15, 0.2) is 164 Å². The number of benzene rings is 8. The molecule has 1 nitrogen and oxygen atoms in total. The molecule has 0 aliphatic rings. The maximum Gasteiger partial charge on any atom is 0.0546 e. The maximum absolute atomic E-state index is 2.39. The van der Waals surface area contributed by atoms with Crippen molar-refractivity contribution in [2.45, 2.75) is 0 Å². The first kappa shape index (κ1) is 23.5. The smallest absolute Gasteiger partial charge is 0.0546 e. The number of hydrogen-bond donors (Lipinski definition) is 0. The lowest BCUT2D eigenvalue weighted by molar-refractivity contribution is 1.30. The van der Waals surface area contributed by atoms with Gasteiger partial charge in [-0.05, 0) is 85.2 Å². The van der Waals surface area contributed by atoms with E-state index in [1.807, 2.05) is 0 Å². The van der Waals surface area contributed by atoms with E-state index in [0.717, 1.165) is 11.4 Å². The van der Waals surface area contributed by atoms with Crippen LogP contribution in [-0.4, -0.2) is 0 Å². The average molecular weight is 522 g/mol. The number of hydrogen-bond acceptors (Lipinski definition) is 1. The van der Waals surface area contributed by atoms with E-state index in [2.05, 4.69) is 169 Å². The topological polar surface area (TPSA) is 3.24 Å². The fourth-order valence-electron chi connectivity index (χ4n) is 6.31. The van der Waals surface area contributed by atoms with Crippen molar-refractivity contribution in [3.8, 4) is 11.1 Å². The van der Waals surface area contributed by atoms with Gasteiger partial charge in [0.15, 0.2) is 0 Å². The molecule has 0 saturated heterocycles. The highest BCUT2D eigenvalue weighted by Crippen LogP contribution is 2.43. The lowest BCUT2D eigenvalue weighted by atomic mass is 9.93. The second kappa shape index (κ2) is 9.66. The van der Waals surface area contributed by atoms with Gasteiger partial charge in [0.05, 0.1) is 5.69 Å². The second-order valence-electron chi connectivity index (χ2n) is 10.6. The Morgan fingerprint density at radius 1 is 0.317 bits per heavy atom. The standard InChI is InChI=1S/C40H27N/c1-2-14-31(15-3-1)41(40-27-30-13-5-7-17-34(30)36-19-10-11-21-38(36)40)32-24-22-28(23-25-32)39-26-29-12-4-6-16-33(29)35-18-8-9-20-37(35)39/h1-27H. The average Bonchev–Trinajstić information content (AvgIpc) is 3.05. The minimum Gasteiger partial charge on any atom is -0.310 e. The maximum atomic E-state index is 2.39. The van der Waals surface area contributed by atoms with Gasteiger partial charge in [-0.2, -0.15) is 0 Å². The summed E-state index contributed by atoms with van der Waals surface area (Å²) in [5.41, 5.74) is 5.91. The molecule has 0 aliphatic heterocycles. The van der Waals surface area contributed by atoms with E-state index >= 15 is 0 Å². The van der Waals surface area contributed by atoms with Crippen molar-refractivity contribution in [2.75, 3.05) is 4.90 Å². The summed E-state index contributed by atoms with van der Waals surface area (Å²) in [6, 6.07) is 59.2. The third kappa shape index (κ3) is 3.94. The van der Waals surface area contributed by atoms with Crippen molar-refractivity contribution in [1.82, 2.24) is 0 Å². The summed E-state index contributed by atoms with van der Waals surface area (Å²) in [6.07, 6.45) is 0. The molecule has 192 valence electrons. The summed E-state index contributed by atoms with van der Waals surface area (Å²) in [7, 11) is 0. The molecule has 0 fully saturated rings. The summed E-state index contributed by atoms with van der Waals surface area (Å²) in [4.78, 5) is 2.39. The van der Waals surface area contributed by atoms with E-state index in [1.54, 1.807) is 0 Å². The molecule has 8 aromatic rings. The largest absolute Gasteiger partial charge is 0.310 e. The lowest BCUT2D eigenvalue weighted by Gasteiger charge is -2.27. The van der Waals surface area contributed by atoms with Crippen LogP contribution in [0.3, 0.4) is 0 Å². The highest BCUT2D eigenvalue weighted by atomic mass is 15.1. The third-order valence-electron chi connectivity index (χ3n) is 8.21. The van der Waals surface area contributed by atoms with Crippen LogP contribution in [0.2, 0.25) is 0 Å². The molecule has 41 heavy (non-hydrogen) atoms. The SMILES string of the molecule is c1ccc(N(c2ccc(-c3cc4ccccc4c4ccccc34)cc2)c2cc3ccccc3c3ccccc23)cc1. The minimum absolute atomic E-state index is 1.13. The van der Waals surface area contributed by atoms with Crippen LogP contribution in [0.5, 0.6) is 0 Å². The predicted octanol–water partition coefficient (Wildman–Crippen LogP) is 11.4. The molecule has 0 unspecified atom stereocenters. The Labute approximate surface area is 239 Å². The van der Waals surface area contributed by atoms with Crippen LogP contribution in [0.4, 0.5) is 17.1 Å². The van der Waals surface area contributed by atoms with Gasteiger partial charge >= 0.3 is 0 Å². The fourth-order valence-corrected chi connectivity index (χ4v) is 6.31. The number of nitrogens with zero attached hydrogens (tertiary/aromatic N) is 1. The van der Waals surface area contributed by atoms with Crippen LogP contribution in [-0.2, 0) is 0 Å². The van der Waals surface area contributed by atoms with Gasteiger partial charge in [0.25, 0.3) is 0 Å². The third-order valence-corrected chi connectivity index (χ3v) is 8.21. The van der Waals surface area contributed by atoms with Crippen molar-refractivity contribution in [1.29, 1.82) is 0 Å². The summed E-state index contributed by atoms with van der Waals surface area (Å²) >= 11 is 0. The summed E-state index contributed by atoms with van der Waals surface area (Å²) in [6.45, 7) is 0. The molecule has 0 amide bonds. The van der Waals surface area contributed by atoms with Crippen LogP contribution in [0, 0.1) is 0 Å². The molecule has 0 N–H and O–H groups in total. The van der Waals surface area contributed by atoms with E-state index in [9.17, 15) is 0 Å². The minimum atomic E-state index is 1.13. The van der Waals surface area contributed by atoms with Gasteiger partial charge in [0.1, 0.15) is 0 Å². The Balaban J connectivity index is 1.33. The van der Waals surface area contributed by atoms with Crippen molar-refractivity contribution < 1.29 is 0 Å². The van der Waals surface area contributed by atoms with Crippen molar-refractivity contribution >= 4 is 60.2 Å². The Kier molecular flexibility index (Phi) is 5.53. The molecular formula is C40H27N. The van der Waals surface area contributed by atoms with E-state index in [1.165, 1.54) is 59.9 Å². The number of anilines is 3. The number of para-hydroxylation sites is 1. The fraction of sp³-hybridized carbons (Fsp3) is 0. The van der Waals surface area contributed by atoms with Crippen molar-refractivity contribution in [2.24, 2.45) is 0 Å². The quantitative estimate of drug-likeness (QED) is 0.208. The van der Waals surface area contributed by atoms with Gasteiger partial charge in [-0.3, -0.25) is 0 Å². The molecule has 8 aromatic carbocycles. The first-order valence-electron chi connectivity index (χ1n) is 14.1. The molecule has 0 atom stereocenters. The Morgan fingerprint density at radius 3 is 1.44 bits per heavy atom. The normalized spacial score (nSPS) is 11.4. The first-order chi connectivity index (χ1) is 20.3. The van der Waals surface area contributed by atoms with Gasteiger partial charge in [-0.15, -0.1) is 0 Å². The zero-order valence-corrected chi connectivity index (χ0v) is 22.5. The number of rotatable bonds is 4. The van der Waals surface area contributed by atoms with Crippen LogP contribution in [0.25, 0.3) is 54.2 Å². The van der Waals surface area contributed by atoms with E-state index in [4.69, 9.17) is 0 Å². The lowest BCUT2D eigenvalue weighted by Crippen LogP contribution is -2.10. The van der Waals surface area contributed by atoms with E-state index < -0.39 is 0 Å². The summed E-state index contributed by atoms with van der Waals surface area (Å²) in [5.74, 6) is 0. The molecule has 1 heteroatoms. The highest BCUT2D eigenvalue weighted by Gasteiger charge is 2.17. The zero-order chi connectivity index (χ0) is 27.2. The molecule has 0 aliphatic carbocycles. The molecule has 0 spiro atoms. The van der Waals surface area contributed by atoms with Crippen LogP contribution < -0.4 is 4.90 Å². The molecule has 0 saturated carbocycles. The van der Waals surface area contributed by atoms with Gasteiger partial charge < -0.3 is 4.90 Å². The molecule has 8 rings (SSSR count).